The molecule has 2 aromatic carbocycles. The van der Waals surface area contributed by atoms with E-state index < -0.39 is 21.2 Å². The number of nitrogens with zero attached hydrogens (tertiary/aromatic N) is 2. The second-order valence-electron chi connectivity index (χ2n) is 3.78. The predicted octanol–water partition coefficient (Wildman–Crippen LogP) is 2.75. The Hall–Kier alpha value is -2.96. The molecule has 2 N–H and O–H groups in total. The molecule has 0 heterocycles. The van der Waals surface area contributed by atoms with E-state index in [1.54, 1.807) is 30.3 Å². The van der Waals surface area contributed by atoms with Crippen molar-refractivity contribution in [3.8, 4) is 11.1 Å². The standard InChI is InChI=1S/C12H9N3O4/c13-10-7-6-9(8-4-2-1-3-5-8)11(14(16)17)12(10)15(18)19/h1-7H,13H2. The molecule has 0 bridgehead atoms. The maximum atomic E-state index is 11.1. The van der Waals surface area contributed by atoms with Crippen molar-refractivity contribution in [2.45, 2.75) is 0 Å². The number of nitro benzene ring substituents is 2. The van der Waals surface area contributed by atoms with Crippen LogP contribution in [0.4, 0.5) is 17.1 Å². The van der Waals surface area contributed by atoms with Crippen LogP contribution in [-0.2, 0) is 0 Å². The summed E-state index contributed by atoms with van der Waals surface area (Å²) < 4.78 is 0. The Balaban J connectivity index is 2.80. The van der Waals surface area contributed by atoms with E-state index in [1.165, 1.54) is 12.1 Å². The topological polar surface area (TPSA) is 112 Å². The molecule has 7 nitrogen and oxygen atoms in total. The molecule has 0 saturated carbocycles. The zero-order valence-corrected chi connectivity index (χ0v) is 9.65. The summed E-state index contributed by atoms with van der Waals surface area (Å²) in [6.45, 7) is 0. The van der Waals surface area contributed by atoms with Gasteiger partial charge >= 0.3 is 11.4 Å². The van der Waals surface area contributed by atoms with Crippen molar-refractivity contribution < 1.29 is 9.85 Å². The smallest absolute Gasteiger partial charge is 0.369 e. The first-order valence-corrected chi connectivity index (χ1v) is 5.29. The molecule has 96 valence electrons. The maximum absolute atomic E-state index is 11.1. The lowest BCUT2D eigenvalue weighted by Gasteiger charge is -2.05. The molecule has 0 unspecified atom stereocenters. The minimum atomic E-state index is -0.833. The predicted molar refractivity (Wildman–Crippen MR) is 69.6 cm³/mol. The number of nitrogen functional groups attached to an aromatic ring is 1. The number of anilines is 1. The molecule has 0 aromatic heterocycles. The van der Waals surface area contributed by atoms with Crippen LogP contribution in [0.3, 0.4) is 0 Å². The Morgan fingerprint density at radius 1 is 0.842 bits per heavy atom. The number of hydrogen-bond acceptors (Lipinski definition) is 5. The van der Waals surface area contributed by atoms with Crippen LogP contribution in [0.15, 0.2) is 42.5 Å². The average molecular weight is 259 g/mol. The van der Waals surface area contributed by atoms with Gasteiger partial charge < -0.3 is 5.73 Å². The first-order chi connectivity index (χ1) is 9.02. The van der Waals surface area contributed by atoms with Gasteiger partial charge in [0.1, 0.15) is 5.69 Å². The molecule has 0 saturated heterocycles. The third-order valence-corrected chi connectivity index (χ3v) is 2.63. The van der Waals surface area contributed by atoms with Gasteiger partial charge in [-0.15, -0.1) is 0 Å². The molecule has 0 amide bonds. The fraction of sp³-hybridized carbons (Fsp3) is 0. The minimum absolute atomic E-state index is 0.173. The summed E-state index contributed by atoms with van der Waals surface area (Å²) in [7, 11) is 0. The van der Waals surface area contributed by atoms with Gasteiger partial charge in [-0.3, -0.25) is 20.2 Å². The summed E-state index contributed by atoms with van der Waals surface area (Å²) in [6, 6.07) is 11.1. The Morgan fingerprint density at radius 3 is 1.95 bits per heavy atom. The van der Waals surface area contributed by atoms with Crippen molar-refractivity contribution in [1.29, 1.82) is 0 Å². The third kappa shape index (κ3) is 2.21. The molecule has 0 aliphatic carbocycles. The number of hydrogen-bond donors (Lipinski definition) is 1. The van der Waals surface area contributed by atoms with Crippen LogP contribution in [0.25, 0.3) is 11.1 Å². The highest BCUT2D eigenvalue weighted by atomic mass is 16.6. The van der Waals surface area contributed by atoms with Crippen molar-refractivity contribution in [2.24, 2.45) is 0 Å². The van der Waals surface area contributed by atoms with Crippen molar-refractivity contribution in [3.63, 3.8) is 0 Å². The fourth-order valence-electron chi connectivity index (χ4n) is 1.82. The molecule has 2 rings (SSSR count). The van der Waals surface area contributed by atoms with E-state index in [9.17, 15) is 20.2 Å². The van der Waals surface area contributed by atoms with Gasteiger partial charge in [0.05, 0.1) is 15.4 Å². The van der Waals surface area contributed by atoms with Gasteiger partial charge in [0.25, 0.3) is 0 Å². The molecular formula is C12H9N3O4. The second kappa shape index (κ2) is 4.73. The normalized spacial score (nSPS) is 10.1. The van der Waals surface area contributed by atoms with Gasteiger partial charge in [0.2, 0.25) is 0 Å². The second-order valence-corrected chi connectivity index (χ2v) is 3.78. The molecule has 0 aliphatic heterocycles. The fourth-order valence-corrected chi connectivity index (χ4v) is 1.82. The Morgan fingerprint density at radius 2 is 1.42 bits per heavy atom. The number of rotatable bonds is 3. The van der Waals surface area contributed by atoms with Crippen LogP contribution in [0.1, 0.15) is 0 Å². The van der Waals surface area contributed by atoms with Crippen LogP contribution in [-0.4, -0.2) is 9.85 Å². The van der Waals surface area contributed by atoms with Crippen molar-refractivity contribution in [1.82, 2.24) is 0 Å². The lowest BCUT2D eigenvalue weighted by molar-refractivity contribution is -0.421. The lowest BCUT2D eigenvalue weighted by Crippen LogP contribution is -2.02. The van der Waals surface area contributed by atoms with Crippen molar-refractivity contribution >= 4 is 17.1 Å². The van der Waals surface area contributed by atoms with Crippen LogP contribution < -0.4 is 5.73 Å². The highest BCUT2D eigenvalue weighted by Gasteiger charge is 2.31. The van der Waals surface area contributed by atoms with Crippen LogP contribution >= 0.6 is 0 Å². The molecule has 7 heteroatoms. The molecule has 0 radical (unpaired) electrons. The summed E-state index contributed by atoms with van der Waals surface area (Å²) in [4.78, 5) is 20.5. The number of benzene rings is 2. The average Bonchev–Trinajstić information content (AvgIpc) is 2.38. The quantitative estimate of drug-likeness (QED) is 0.517. The molecule has 0 spiro atoms. The molecule has 2 aromatic rings. The molecule has 0 aliphatic rings. The summed E-state index contributed by atoms with van der Waals surface area (Å²) in [5.74, 6) is 0. The van der Waals surface area contributed by atoms with E-state index in [-0.39, 0.29) is 11.3 Å². The Labute approximate surface area is 107 Å². The number of nitrogens with two attached hydrogens (primary N) is 1. The van der Waals surface area contributed by atoms with E-state index in [0.717, 1.165) is 0 Å². The first-order valence-electron chi connectivity index (χ1n) is 5.29. The highest BCUT2D eigenvalue weighted by Crippen LogP contribution is 2.40. The zero-order chi connectivity index (χ0) is 14.0. The molecule has 0 atom stereocenters. The molecule has 19 heavy (non-hydrogen) atoms. The van der Waals surface area contributed by atoms with Gasteiger partial charge in [-0.2, -0.15) is 0 Å². The summed E-state index contributed by atoms with van der Waals surface area (Å²) >= 11 is 0. The summed E-state index contributed by atoms with van der Waals surface area (Å²) in [5.41, 5.74) is 4.67. The van der Waals surface area contributed by atoms with Gasteiger partial charge in [-0.05, 0) is 17.7 Å². The highest BCUT2D eigenvalue weighted by molar-refractivity contribution is 5.85. The molecule has 0 fully saturated rings. The van der Waals surface area contributed by atoms with Crippen LogP contribution in [0.2, 0.25) is 0 Å². The molecular weight excluding hydrogens is 250 g/mol. The largest absolute Gasteiger partial charge is 0.393 e. The van der Waals surface area contributed by atoms with Gasteiger partial charge in [0.15, 0.2) is 0 Å². The zero-order valence-electron chi connectivity index (χ0n) is 9.65. The van der Waals surface area contributed by atoms with Gasteiger partial charge in [-0.25, -0.2) is 0 Å². The van der Waals surface area contributed by atoms with E-state index in [2.05, 4.69) is 0 Å². The van der Waals surface area contributed by atoms with E-state index >= 15 is 0 Å². The summed E-state index contributed by atoms with van der Waals surface area (Å²) in [6.07, 6.45) is 0. The van der Waals surface area contributed by atoms with E-state index in [0.29, 0.717) is 5.56 Å². The van der Waals surface area contributed by atoms with Crippen LogP contribution in [0, 0.1) is 20.2 Å². The monoisotopic (exact) mass is 259 g/mol. The van der Waals surface area contributed by atoms with E-state index in [1.807, 2.05) is 0 Å². The van der Waals surface area contributed by atoms with Gasteiger partial charge in [-0.1, -0.05) is 30.3 Å². The maximum Gasteiger partial charge on any atom is 0.369 e. The number of nitro groups is 2. The first kappa shape index (κ1) is 12.5. The Kier molecular flexibility index (Phi) is 3.11. The third-order valence-electron chi connectivity index (χ3n) is 2.63. The Bertz CT molecular complexity index is 656. The summed E-state index contributed by atoms with van der Waals surface area (Å²) in [5, 5.41) is 22.1. The van der Waals surface area contributed by atoms with E-state index in [4.69, 9.17) is 5.73 Å². The van der Waals surface area contributed by atoms with Crippen molar-refractivity contribution in [2.75, 3.05) is 5.73 Å². The SMILES string of the molecule is Nc1ccc(-c2ccccc2)c([N+](=O)[O-])c1[N+](=O)[O-]. The minimum Gasteiger partial charge on any atom is -0.393 e. The lowest BCUT2D eigenvalue weighted by atomic mass is 10.0. The van der Waals surface area contributed by atoms with Crippen molar-refractivity contribution in [3.05, 3.63) is 62.7 Å². The van der Waals surface area contributed by atoms with Crippen LogP contribution in [0.5, 0.6) is 0 Å². The van der Waals surface area contributed by atoms with Gasteiger partial charge in [0, 0.05) is 0 Å².